The second kappa shape index (κ2) is 11.4. The molecule has 38 heavy (non-hydrogen) atoms. The number of nitrogens with one attached hydrogen (secondary N) is 1. The van der Waals surface area contributed by atoms with Crippen molar-refractivity contribution in [3.05, 3.63) is 83.9 Å². The number of anilines is 1. The quantitative estimate of drug-likeness (QED) is 0.418. The molecule has 1 saturated heterocycles. The zero-order valence-corrected chi connectivity index (χ0v) is 21.4. The fraction of sp³-hybridized carbons (Fsp3) is 0.214. The molecule has 5 rings (SSSR count). The van der Waals surface area contributed by atoms with Crippen LogP contribution in [-0.4, -0.2) is 46.5 Å². The molecule has 9 nitrogen and oxygen atoms in total. The Balaban J connectivity index is 1.37. The van der Waals surface area contributed by atoms with Crippen molar-refractivity contribution in [3.63, 3.8) is 0 Å². The van der Waals surface area contributed by atoms with Gasteiger partial charge in [0, 0.05) is 12.1 Å². The Bertz CT molecular complexity index is 1380. The maximum Gasteiger partial charge on any atom is 0.338 e. The maximum absolute atomic E-state index is 13.5. The van der Waals surface area contributed by atoms with Crippen LogP contribution in [0.5, 0.6) is 11.5 Å². The van der Waals surface area contributed by atoms with Crippen molar-refractivity contribution < 1.29 is 28.6 Å². The molecule has 2 heterocycles. The Morgan fingerprint density at radius 3 is 2.58 bits per heavy atom. The average Bonchev–Trinajstić information content (AvgIpc) is 3.50. The van der Waals surface area contributed by atoms with Crippen LogP contribution in [0.25, 0.3) is 0 Å². The van der Waals surface area contributed by atoms with Gasteiger partial charge in [-0.2, -0.15) is 0 Å². The SMILES string of the molecule is CCOC(=O)c1ccc(N=C2SC(CC(=O)Nc3ccccc3)C(=O)N2Cc2ccc3c(c2)OCO3)cc1. The van der Waals surface area contributed by atoms with Crippen LogP contribution in [0.1, 0.15) is 29.3 Å². The van der Waals surface area contributed by atoms with Crippen molar-refractivity contribution in [2.45, 2.75) is 25.1 Å². The molecule has 2 amide bonds. The van der Waals surface area contributed by atoms with Gasteiger partial charge in [0.1, 0.15) is 5.25 Å². The number of fused-ring (bicyclic) bond motifs is 1. The van der Waals surface area contributed by atoms with E-state index >= 15 is 0 Å². The predicted octanol–water partition coefficient (Wildman–Crippen LogP) is 4.75. The number of amides is 2. The highest BCUT2D eigenvalue weighted by Crippen LogP contribution is 2.36. The summed E-state index contributed by atoms with van der Waals surface area (Å²) < 4.78 is 15.9. The number of nitrogens with zero attached hydrogens (tertiary/aromatic N) is 2. The van der Waals surface area contributed by atoms with Crippen LogP contribution in [0.2, 0.25) is 0 Å². The van der Waals surface area contributed by atoms with Gasteiger partial charge in [0.25, 0.3) is 0 Å². The number of thioether (sulfide) groups is 1. The van der Waals surface area contributed by atoms with Gasteiger partial charge in [0.2, 0.25) is 18.6 Å². The van der Waals surface area contributed by atoms with Crippen LogP contribution in [0.15, 0.2) is 77.8 Å². The van der Waals surface area contributed by atoms with E-state index in [9.17, 15) is 14.4 Å². The first-order chi connectivity index (χ1) is 18.5. The molecule has 0 saturated carbocycles. The van der Waals surface area contributed by atoms with E-state index in [1.165, 1.54) is 11.8 Å². The molecule has 3 aromatic carbocycles. The van der Waals surface area contributed by atoms with Gasteiger partial charge in [0.15, 0.2) is 16.7 Å². The van der Waals surface area contributed by atoms with E-state index in [0.717, 1.165) is 5.56 Å². The number of amidine groups is 1. The molecule has 10 heteroatoms. The summed E-state index contributed by atoms with van der Waals surface area (Å²) in [5.41, 5.74) is 2.49. The minimum Gasteiger partial charge on any atom is -0.462 e. The lowest BCUT2D eigenvalue weighted by molar-refractivity contribution is -0.128. The minimum absolute atomic E-state index is 0.00313. The van der Waals surface area contributed by atoms with Gasteiger partial charge < -0.3 is 19.5 Å². The lowest BCUT2D eigenvalue weighted by atomic mass is 10.1. The number of para-hydroxylation sites is 1. The zero-order chi connectivity index (χ0) is 26.5. The zero-order valence-electron chi connectivity index (χ0n) is 20.6. The van der Waals surface area contributed by atoms with Gasteiger partial charge in [-0.3, -0.25) is 14.5 Å². The second-order valence-electron chi connectivity index (χ2n) is 8.50. The van der Waals surface area contributed by atoms with Crippen molar-refractivity contribution >= 4 is 46.1 Å². The summed E-state index contributed by atoms with van der Waals surface area (Å²) in [7, 11) is 0. The third-order valence-corrected chi connectivity index (χ3v) is 7.00. The first-order valence-corrected chi connectivity index (χ1v) is 13.0. The normalized spacial score (nSPS) is 17.1. The lowest BCUT2D eigenvalue weighted by Crippen LogP contribution is -2.33. The molecule has 0 bridgehead atoms. The Kier molecular flexibility index (Phi) is 7.60. The van der Waals surface area contributed by atoms with E-state index in [1.807, 2.05) is 30.3 Å². The van der Waals surface area contributed by atoms with Crippen LogP contribution >= 0.6 is 11.8 Å². The Morgan fingerprint density at radius 2 is 1.82 bits per heavy atom. The highest BCUT2D eigenvalue weighted by Gasteiger charge is 2.39. The minimum atomic E-state index is -0.634. The Labute approximate surface area is 223 Å². The second-order valence-corrected chi connectivity index (χ2v) is 9.67. The number of aliphatic imine (C=N–C) groups is 1. The van der Waals surface area contributed by atoms with Gasteiger partial charge >= 0.3 is 5.97 Å². The predicted molar refractivity (Wildman–Crippen MR) is 144 cm³/mol. The molecule has 3 aromatic rings. The van der Waals surface area contributed by atoms with Gasteiger partial charge in [0.05, 0.1) is 24.4 Å². The summed E-state index contributed by atoms with van der Waals surface area (Å²) in [4.78, 5) is 44.4. The first kappa shape index (κ1) is 25.3. The van der Waals surface area contributed by atoms with Crippen molar-refractivity contribution in [2.24, 2.45) is 4.99 Å². The topological polar surface area (TPSA) is 107 Å². The molecule has 0 aromatic heterocycles. The summed E-state index contributed by atoms with van der Waals surface area (Å²) in [5, 5.41) is 2.67. The van der Waals surface area contributed by atoms with E-state index < -0.39 is 11.2 Å². The van der Waals surface area contributed by atoms with E-state index in [1.54, 1.807) is 54.3 Å². The number of hydrogen-bond acceptors (Lipinski definition) is 8. The van der Waals surface area contributed by atoms with E-state index in [-0.39, 0.29) is 38.2 Å². The van der Waals surface area contributed by atoms with Gasteiger partial charge in [-0.15, -0.1) is 0 Å². The highest BCUT2D eigenvalue weighted by molar-refractivity contribution is 8.15. The molecule has 1 fully saturated rings. The Morgan fingerprint density at radius 1 is 1.05 bits per heavy atom. The molecule has 0 spiro atoms. The van der Waals surface area contributed by atoms with E-state index in [0.29, 0.717) is 33.6 Å². The first-order valence-electron chi connectivity index (χ1n) is 12.1. The summed E-state index contributed by atoms with van der Waals surface area (Å²) >= 11 is 1.24. The van der Waals surface area contributed by atoms with Crippen LogP contribution < -0.4 is 14.8 Å². The fourth-order valence-corrected chi connectivity index (χ4v) is 5.15. The maximum atomic E-state index is 13.5. The summed E-state index contributed by atoms with van der Waals surface area (Å²) in [5.74, 6) is 0.393. The molecule has 1 atom stereocenters. The highest BCUT2D eigenvalue weighted by atomic mass is 32.2. The molecule has 194 valence electrons. The largest absolute Gasteiger partial charge is 0.462 e. The number of esters is 1. The van der Waals surface area contributed by atoms with Crippen LogP contribution in [0.4, 0.5) is 11.4 Å². The summed E-state index contributed by atoms with van der Waals surface area (Å²) in [6, 6.07) is 21.3. The fourth-order valence-electron chi connectivity index (χ4n) is 3.99. The molecule has 2 aliphatic heterocycles. The standard InChI is InChI=1S/C28H25N3O6S/c1-2-35-27(34)19-9-11-21(12-10-19)30-28-31(16-18-8-13-22-23(14-18)37-17-36-22)26(33)24(38-28)15-25(32)29-20-6-4-3-5-7-20/h3-14,24H,2,15-17H2,1H3,(H,29,32). The number of carbonyl (C=O) groups is 3. The van der Waals surface area contributed by atoms with Crippen LogP contribution in [0, 0.1) is 0 Å². The number of hydrogen-bond donors (Lipinski definition) is 1. The molecule has 1 N–H and O–H groups in total. The van der Waals surface area contributed by atoms with Crippen LogP contribution in [-0.2, 0) is 20.9 Å². The molecule has 1 unspecified atom stereocenters. The molecule has 0 radical (unpaired) electrons. The van der Waals surface area contributed by atoms with E-state index in [4.69, 9.17) is 19.2 Å². The number of benzene rings is 3. The average molecular weight is 532 g/mol. The van der Waals surface area contributed by atoms with E-state index in [2.05, 4.69) is 5.32 Å². The van der Waals surface area contributed by atoms with Gasteiger partial charge in [-0.05, 0) is 61.0 Å². The molecule has 2 aliphatic rings. The molecular weight excluding hydrogens is 506 g/mol. The van der Waals surface area contributed by atoms with Crippen LogP contribution in [0.3, 0.4) is 0 Å². The van der Waals surface area contributed by atoms with Crippen molar-refractivity contribution in [2.75, 3.05) is 18.7 Å². The summed E-state index contributed by atoms with van der Waals surface area (Å²) in [6.07, 6.45) is -0.00313. The van der Waals surface area contributed by atoms with Crippen molar-refractivity contribution in [1.82, 2.24) is 4.90 Å². The van der Waals surface area contributed by atoms with Crippen molar-refractivity contribution in [3.8, 4) is 11.5 Å². The van der Waals surface area contributed by atoms with Gasteiger partial charge in [-0.1, -0.05) is 36.0 Å². The smallest absolute Gasteiger partial charge is 0.338 e. The number of ether oxygens (including phenoxy) is 3. The molecular formula is C28H25N3O6S. The molecule has 0 aliphatic carbocycles. The third kappa shape index (κ3) is 5.81. The number of carbonyl (C=O) groups excluding carboxylic acids is 3. The Hall–Kier alpha value is -4.31. The third-order valence-electron chi connectivity index (χ3n) is 5.83. The van der Waals surface area contributed by atoms with Crippen molar-refractivity contribution in [1.29, 1.82) is 0 Å². The van der Waals surface area contributed by atoms with Gasteiger partial charge in [-0.25, -0.2) is 9.79 Å². The number of rotatable bonds is 8. The monoisotopic (exact) mass is 531 g/mol. The summed E-state index contributed by atoms with van der Waals surface area (Å²) in [6.45, 7) is 2.44. The lowest BCUT2D eigenvalue weighted by Gasteiger charge is -2.17.